The molecule has 3 aromatic rings. The van der Waals surface area contributed by atoms with Crippen molar-refractivity contribution in [3.63, 3.8) is 0 Å². The van der Waals surface area contributed by atoms with Crippen molar-refractivity contribution >= 4 is 39.1 Å². The van der Waals surface area contributed by atoms with E-state index in [1.54, 1.807) is 88.5 Å². The van der Waals surface area contributed by atoms with Crippen molar-refractivity contribution in [1.82, 2.24) is 10.2 Å². The minimum atomic E-state index is -4.13. The number of ether oxygens (including phenoxy) is 1. The van der Waals surface area contributed by atoms with Crippen molar-refractivity contribution in [2.24, 2.45) is 0 Å². The van der Waals surface area contributed by atoms with Crippen LogP contribution in [0.3, 0.4) is 0 Å². The van der Waals surface area contributed by atoms with E-state index in [0.717, 1.165) is 9.87 Å². The van der Waals surface area contributed by atoms with E-state index in [4.69, 9.17) is 16.3 Å². The van der Waals surface area contributed by atoms with E-state index >= 15 is 0 Å². The molecule has 0 spiro atoms. The molecule has 8 nitrogen and oxygen atoms in total. The first-order chi connectivity index (χ1) is 18.1. The van der Waals surface area contributed by atoms with Crippen LogP contribution >= 0.6 is 11.6 Å². The number of nitrogens with one attached hydrogen (secondary N) is 1. The Morgan fingerprint density at radius 2 is 1.68 bits per heavy atom. The average molecular weight is 558 g/mol. The Morgan fingerprint density at radius 1 is 1.03 bits per heavy atom. The number of likely N-dealkylation sites (N-methyl/N-ethyl adjacent to an activating group) is 1. The first-order valence-corrected chi connectivity index (χ1v) is 13.9. The second kappa shape index (κ2) is 12.8. The quantitative estimate of drug-likeness (QED) is 0.377. The predicted molar refractivity (Wildman–Crippen MR) is 149 cm³/mol. The minimum Gasteiger partial charge on any atom is -0.497 e. The third kappa shape index (κ3) is 6.85. The Morgan fingerprint density at radius 3 is 2.26 bits per heavy atom. The third-order valence-corrected chi connectivity index (χ3v) is 8.08. The Bertz CT molecular complexity index is 1360. The molecule has 0 bridgehead atoms. The number of hydrogen-bond donors (Lipinski definition) is 1. The number of carbonyl (C=O) groups excluding carboxylic acids is 2. The van der Waals surface area contributed by atoms with Gasteiger partial charge in [-0.1, -0.05) is 41.9 Å². The van der Waals surface area contributed by atoms with Crippen LogP contribution in [0.1, 0.15) is 25.0 Å². The van der Waals surface area contributed by atoms with Crippen LogP contribution in [-0.2, 0) is 26.2 Å². The molecule has 1 atom stereocenters. The van der Waals surface area contributed by atoms with Crippen LogP contribution in [0.2, 0.25) is 5.02 Å². The van der Waals surface area contributed by atoms with Gasteiger partial charge in [0, 0.05) is 18.1 Å². The molecule has 0 aromatic heterocycles. The highest BCUT2D eigenvalue weighted by atomic mass is 35.5. The number of methoxy groups -OCH3 is 1. The summed E-state index contributed by atoms with van der Waals surface area (Å²) in [5.41, 5.74) is 1.67. The highest BCUT2D eigenvalue weighted by Crippen LogP contribution is 2.29. The van der Waals surface area contributed by atoms with Crippen molar-refractivity contribution in [3.8, 4) is 5.75 Å². The van der Waals surface area contributed by atoms with Crippen LogP contribution < -0.4 is 14.4 Å². The molecule has 1 N–H and O–H groups in total. The van der Waals surface area contributed by atoms with Crippen molar-refractivity contribution in [3.05, 3.63) is 88.9 Å². The fourth-order valence-corrected chi connectivity index (χ4v) is 5.69. The number of halogens is 1. The van der Waals surface area contributed by atoms with Gasteiger partial charge in [-0.15, -0.1) is 0 Å². The van der Waals surface area contributed by atoms with Crippen LogP contribution in [0.5, 0.6) is 5.75 Å². The van der Waals surface area contributed by atoms with E-state index in [1.165, 1.54) is 17.0 Å². The molecule has 0 aliphatic heterocycles. The summed E-state index contributed by atoms with van der Waals surface area (Å²) >= 11 is 6.13. The maximum absolute atomic E-state index is 13.8. The second-order valence-corrected chi connectivity index (χ2v) is 11.0. The van der Waals surface area contributed by atoms with Gasteiger partial charge in [0.05, 0.1) is 17.7 Å². The first kappa shape index (κ1) is 29.0. The Hall–Kier alpha value is -3.56. The Kier molecular flexibility index (Phi) is 9.77. The SMILES string of the molecule is CCNC(=O)[C@@H](C)N(Cc1ccc(OC)cc1)C(=O)CN(c1ccc(Cl)cc1C)S(=O)(=O)c1ccccc1. The number of hydrogen-bond acceptors (Lipinski definition) is 5. The van der Waals surface area contributed by atoms with Crippen LogP contribution in [0, 0.1) is 6.92 Å². The smallest absolute Gasteiger partial charge is 0.264 e. The molecular weight excluding hydrogens is 526 g/mol. The van der Waals surface area contributed by atoms with Crippen molar-refractivity contribution in [2.45, 2.75) is 38.3 Å². The van der Waals surface area contributed by atoms with Gasteiger partial charge in [0.2, 0.25) is 11.8 Å². The lowest BCUT2D eigenvalue weighted by Crippen LogP contribution is -2.51. The van der Waals surface area contributed by atoms with Crippen molar-refractivity contribution in [1.29, 1.82) is 0 Å². The van der Waals surface area contributed by atoms with E-state index < -0.39 is 28.5 Å². The second-order valence-electron chi connectivity index (χ2n) is 8.70. The molecule has 0 saturated heterocycles. The molecule has 0 aliphatic rings. The number of carbonyl (C=O) groups is 2. The van der Waals surface area contributed by atoms with E-state index in [-0.39, 0.29) is 17.3 Å². The predicted octanol–water partition coefficient (Wildman–Crippen LogP) is 4.41. The standard InChI is InChI=1S/C28H32ClN3O5S/c1-5-30-28(34)21(3)31(18-22-11-14-24(37-4)15-12-22)27(33)19-32(26-16-13-23(29)17-20(26)2)38(35,36)25-9-7-6-8-10-25/h6-17,21H,5,18-19H2,1-4H3,(H,30,34)/t21-/m1/s1. The number of sulfonamides is 1. The molecule has 3 aromatic carbocycles. The number of benzene rings is 3. The van der Waals surface area contributed by atoms with Gasteiger partial charge >= 0.3 is 0 Å². The van der Waals surface area contributed by atoms with Crippen LogP contribution in [0.15, 0.2) is 77.7 Å². The van der Waals surface area contributed by atoms with Gasteiger partial charge in [-0.2, -0.15) is 0 Å². The number of aryl methyl sites for hydroxylation is 1. The lowest BCUT2D eigenvalue weighted by Gasteiger charge is -2.32. The molecule has 0 fully saturated rings. The molecule has 0 saturated carbocycles. The molecule has 0 aliphatic carbocycles. The summed E-state index contributed by atoms with van der Waals surface area (Å²) in [5.74, 6) is -0.218. The molecule has 202 valence electrons. The van der Waals surface area contributed by atoms with Crippen LogP contribution in [0.4, 0.5) is 5.69 Å². The molecule has 3 rings (SSSR count). The highest BCUT2D eigenvalue weighted by molar-refractivity contribution is 7.92. The van der Waals surface area contributed by atoms with E-state index in [9.17, 15) is 18.0 Å². The normalized spacial score (nSPS) is 11.9. The van der Waals surface area contributed by atoms with E-state index in [2.05, 4.69) is 5.32 Å². The van der Waals surface area contributed by atoms with Crippen LogP contribution in [-0.4, -0.2) is 51.4 Å². The first-order valence-electron chi connectivity index (χ1n) is 12.1. The minimum absolute atomic E-state index is 0.0422. The molecule has 10 heteroatoms. The monoisotopic (exact) mass is 557 g/mol. The summed E-state index contributed by atoms with van der Waals surface area (Å²) < 4.78 is 33.9. The fourth-order valence-electron chi connectivity index (χ4n) is 3.96. The Labute approximate surface area is 229 Å². The van der Waals surface area contributed by atoms with Gasteiger partial charge in [-0.25, -0.2) is 8.42 Å². The summed E-state index contributed by atoms with van der Waals surface area (Å²) in [6.07, 6.45) is 0. The average Bonchev–Trinajstić information content (AvgIpc) is 2.91. The maximum atomic E-state index is 13.8. The van der Waals surface area contributed by atoms with Gasteiger partial charge in [-0.05, 0) is 74.4 Å². The molecule has 0 heterocycles. The van der Waals surface area contributed by atoms with Crippen LogP contribution in [0.25, 0.3) is 0 Å². The lowest BCUT2D eigenvalue weighted by atomic mass is 10.1. The fraction of sp³-hybridized carbons (Fsp3) is 0.286. The molecule has 38 heavy (non-hydrogen) atoms. The number of amides is 2. The van der Waals surface area contributed by atoms with Gasteiger partial charge < -0.3 is 15.0 Å². The van der Waals surface area contributed by atoms with Gasteiger partial charge in [0.25, 0.3) is 10.0 Å². The third-order valence-electron chi connectivity index (χ3n) is 6.07. The number of rotatable bonds is 11. The van der Waals surface area contributed by atoms with Gasteiger partial charge in [0.1, 0.15) is 18.3 Å². The van der Waals surface area contributed by atoms with E-state index in [1.807, 2.05) is 0 Å². The Balaban J connectivity index is 2.04. The topological polar surface area (TPSA) is 96.0 Å². The summed E-state index contributed by atoms with van der Waals surface area (Å²) in [6, 6.07) is 19.0. The largest absolute Gasteiger partial charge is 0.497 e. The lowest BCUT2D eigenvalue weighted by molar-refractivity contribution is -0.139. The summed E-state index contributed by atoms with van der Waals surface area (Å²) in [5, 5.41) is 3.19. The summed E-state index contributed by atoms with van der Waals surface area (Å²) in [4.78, 5) is 28.0. The molecular formula is C28H32ClN3O5S. The maximum Gasteiger partial charge on any atom is 0.264 e. The summed E-state index contributed by atoms with van der Waals surface area (Å²) in [6.45, 7) is 5.12. The molecule has 0 unspecified atom stereocenters. The highest BCUT2D eigenvalue weighted by Gasteiger charge is 2.33. The van der Waals surface area contributed by atoms with Crippen molar-refractivity contribution in [2.75, 3.05) is 24.5 Å². The summed E-state index contributed by atoms with van der Waals surface area (Å²) in [7, 11) is -2.57. The van der Waals surface area contributed by atoms with Gasteiger partial charge in [-0.3, -0.25) is 13.9 Å². The molecule has 0 radical (unpaired) electrons. The number of anilines is 1. The zero-order valence-electron chi connectivity index (χ0n) is 21.8. The molecule has 2 amide bonds. The van der Waals surface area contributed by atoms with Gasteiger partial charge in [0.15, 0.2) is 0 Å². The van der Waals surface area contributed by atoms with E-state index in [0.29, 0.717) is 28.6 Å². The number of nitrogens with zero attached hydrogens (tertiary/aromatic N) is 2. The van der Waals surface area contributed by atoms with Crippen molar-refractivity contribution < 1.29 is 22.7 Å². The zero-order chi connectivity index (χ0) is 27.9. The zero-order valence-corrected chi connectivity index (χ0v) is 23.4.